The molecule has 0 aliphatic rings. The lowest BCUT2D eigenvalue weighted by Gasteiger charge is -2.16. The van der Waals surface area contributed by atoms with Crippen molar-refractivity contribution in [2.24, 2.45) is 0 Å². The van der Waals surface area contributed by atoms with Gasteiger partial charge in [0.25, 0.3) is 5.56 Å². The van der Waals surface area contributed by atoms with Gasteiger partial charge in [-0.15, -0.1) is 10.2 Å². The highest BCUT2D eigenvalue weighted by Gasteiger charge is 2.23. The number of nitrogen functional groups attached to an aromatic ring is 1. The number of hydrogen-bond acceptors (Lipinski definition) is 7. The van der Waals surface area contributed by atoms with E-state index in [1.807, 2.05) is 73.0 Å². The van der Waals surface area contributed by atoms with Crippen LogP contribution in [0.15, 0.2) is 69.3 Å². The van der Waals surface area contributed by atoms with Gasteiger partial charge in [-0.2, -0.15) is 0 Å². The summed E-state index contributed by atoms with van der Waals surface area (Å²) in [6, 6.07) is 17.1. The van der Waals surface area contributed by atoms with Gasteiger partial charge in [-0.25, -0.2) is 4.79 Å². The van der Waals surface area contributed by atoms with Gasteiger partial charge >= 0.3 is 5.69 Å². The fraction of sp³-hybridized carbons (Fsp3) is 0.240. The van der Waals surface area contributed by atoms with Crippen molar-refractivity contribution < 1.29 is 4.79 Å². The van der Waals surface area contributed by atoms with Crippen LogP contribution in [0.5, 0.6) is 0 Å². The molecule has 0 saturated heterocycles. The lowest BCUT2D eigenvalue weighted by atomic mass is 10.2. The van der Waals surface area contributed by atoms with Gasteiger partial charge in [-0.05, 0) is 38.5 Å². The zero-order valence-electron chi connectivity index (χ0n) is 19.8. The highest BCUT2D eigenvalue weighted by Crippen LogP contribution is 2.23. The maximum Gasteiger partial charge on any atom is 0.332 e. The molecular formula is C25H26N6O3S. The van der Waals surface area contributed by atoms with E-state index < -0.39 is 17.0 Å². The largest absolute Gasteiger partial charge is 0.384 e. The van der Waals surface area contributed by atoms with E-state index in [0.29, 0.717) is 11.0 Å². The zero-order chi connectivity index (χ0) is 25.1. The Morgan fingerprint density at radius 2 is 1.66 bits per heavy atom. The summed E-state index contributed by atoms with van der Waals surface area (Å²) in [4.78, 5) is 39.2. The second-order valence-corrected chi connectivity index (χ2v) is 9.02. The molecule has 0 saturated carbocycles. The van der Waals surface area contributed by atoms with Crippen molar-refractivity contribution in [2.45, 2.75) is 39.0 Å². The van der Waals surface area contributed by atoms with Gasteiger partial charge < -0.3 is 5.73 Å². The molecular weight excluding hydrogens is 464 g/mol. The average molecular weight is 491 g/mol. The van der Waals surface area contributed by atoms with Crippen molar-refractivity contribution in [3.8, 4) is 5.69 Å². The van der Waals surface area contributed by atoms with Gasteiger partial charge in [-0.3, -0.25) is 23.3 Å². The minimum Gasteiger partial charge on any atom is -0.384 e. The van der Waals surface area contributed by atoms with Crippen LogP contribution in [0.3, 0.4) is 0 Å². The first-order chi connectivity index (χ1) is 16.8. The smallest absolute Gasteiger partial charge is 0.332 e. The summed E-state index contributed by atoms with van der Waals surface area (Å²) >= 11 is 1.16. The molecule has 9 nitrogen and oxygen atoms in total. The molecule has 0 atom stereocenters. The van der Waals surface area contributed by atoms with Crippen LogP contribution in [0.2, 0.25) is 0 Å². The number of carbonyl (C=O) groups excluding carboxylic acids is 1. The third-order valence-corrected chi connectivity index (χ3v) is 6.59. The van der Waals surface area contributed by atoms with Crippen molar-refractivity contribution in [3.63, 3.8) is 0 Å². The molecule has 0 spiro atoms. The number of ketones is 1. The summed E-state index contributed by atoms with van der Waals surface area (Å²) in [5.41, 5.74) is 7.67. The van der Waals surface area contributed by atoms with Crippen LogP contribution in [0.1, 0.15) is 34.2 Å². The fourth-order valence-corrected chi connectivity index (χ4v) is 4.67. The normalized spacial score (nSPS) is 11.1. The summed E-state index contributed by atoms with van der Waals surface area (Å²) in [6.07, 6.45) is 0. The monoisotopic (exact) mass is 490 g/mol. The van der Waals surface area contributed by atoms with Gasteiger partial charge in [0.1, 0.15) is 17.2 Å². The summed E-state index contributed by atoms with van der Waals surface area (Å²) in [7, 11) is 0. The molecule has 2 N–H and O–H groups in total. The molecule has 4 aromatic rings. The molecule has 35 heavy (non-hydrogen) atoms. The van der Waals surface area contributed by atoms with Gasteiger partial charge in [0.2, 0.25) is 0 Å². The first-order valence-corrected chi connectivity index (χ1v) is 12.1. The molecule has 0 radical (unpaired) electrons. The molecule has 0 amide bonds. The summed E-state index contributed by atoms with van der Waals surface area (Å²) in [6.45, 7) is 5.79. The van der Waals surface area contributed by atoms with E-state index in [2.05, 4.69) is 10.2 Å². The number of aromatic nitrogens is 5. The van der Waals surface area contributed by atoms with Crippen LogP contribution in [0, 0.1) is 13.8 Å². The first kappa shape index (κ1) is 24.2. The fourth-order valence-electron chi connectivity index (χ4n) is 3.80. The van der Waals surface area contributed by atoms with Crippen LogP contribution in [0.4, 0.5) is 5.82 Å². The molecule has 0 aliphatic heterocycles. The van der Waals surface area contributed by atoms with E-state index in [4.69, 9.17) is 5.73 Å². The summed E-state index contributed by atoms with van der Waals surface area (Å²) < 4.78 is 4.16. The third kappa shape index (κ3) is 4.83. The number of nitrogens with two attached hydrogens (primary N) is 1. The van der Waals surface area contributed by atoms with Crippen molar-refractivity contribution in [3.05, 3.63) is 98.0 Å². The van der Waals surface area contributed by atoms with Gasteiger partial charge in [-0.1, -0.05) is 59.8 Å². The van der Waals surface area contributed by atoms with Crippen molar-refractivity contribution in [1.29, 1.82) is 0 Å². The third-order valence-electron chi connectivity index (χ3n) is 5.67. The number of carbonyl (C=O) groups is 1. The van der Waals surface area contributed by atoms with Gasteiger partial charge in [0.05, 0.1) is 12.3 Å². The number of Topliss-reactive ketones (excluding diaryl/α,β-unsaturated/α-hetero) is 1. The molecule has 0 bridgehead atoms. The van der Waals surface area contributed by atoms with Crippen LogP contribution >= 0.6 is 11.8 Å². The Labute approximate surface area is 206 Å². The van der Waals surface area contributed by atoms with E-state index >= 15 is 0 Å². The van der Waals surface area contributed by atoms with Gasteiger partial charge in [0.15, 0.2) is 10.9 Å². The lowest BCUT2D eigenvalue weighted by Crippen LogP contribution is -2.44. The number of thioether (sulfide) groups is 1. The Hall–Kier alpha value is -3.92. The Morgan fingerprint density at radius 3 is 2.31 bits per heavy atom. The Morgan fingerprint density at radius 1 is 0.971 bits per heavy atom. The number of rotatable bonds is 8. The Kier molecular flexibility index (Phi) is 7.02. The SMILES string of the molecule is CCn1c(=O)c(C(=O)CSc2nnc(C)n2-c2ccc(C)cc2)c(N)n(Cc2ccccc2)c1=O. The molecule has 2 heterocycles. The number of hydrogen-bond donors (Lipinski definition) is 1. The number of nitrogens with zero attached hydrogens (tertiary/aromatic N) is 5. The predicted molar refractivity (Wildman–Crippen MR) is 136 cm³/mol. The van der Waals surface area contributed by atoms with E-state index in [1.54, 1.807) is 6.92 Å². The lowest BCUT2D eigenvalue weighted by molar-refractivity contribution is 0.102. The van der Waals surface area contributed by atoms with E-state index in [9.17, 15) is 14.4 Å². The molecule has 10 heteroatoms. The summed E-state index contributed by atoms with van der Waals surface area (Å²) in [5, 5.41) is 8.87. The quantitative estimate of drug-likeness (QED) is 0.298. The van der Waals surface area contributed by atoms with E-state index in [-0.39, 0.29) is 30.2 Å². The standard InChI is InChI=1S/C25H26N6O3S/c1-4-29-23(33)21(22(26)30(25(29)34)14-18-8-6-5-7-9-18)20(32)15-35-24-28-27-17(3)31(24)19-12-10-16(2)11-13-19/h5-13H,4,14-15,26H2,1-3H3. The van der Waals surface area contributed by atoms with E-state index in [0.717, 1.165) is 33.1 Å². The minimum absolute atomic E-state index is 0.0866. The highest BCUT2D eigenvalue weighted by molar-refractivity contribution is 7.99. The van der Waals surface area contributed by atoms with Crippen LogP contribution in [0.25, 0.3) is 5.69 Å². The topological polar surface area (TPSA) is 118 Å². The predicted octanol–water partition coefficient (Wildman–Crippen LogP) is 2.83. The molecule has 0 fully saturated rings. The minimum atomic E-state index is -0.680. The van der Waals surface area contributed by atoms with Crippen LogP contribution in [-0.4, -0.2) is 35.4 Å². The zero-order valence-corrected chi connectivity index (χ0v) is 20.6. The number of aryl methyl sites for hydroxylation is 2. The molecule has 4 rings (SSSR count). The van der Waals surface area contributed by atoms with Crippen molar-refractivity contribution >= 4 is 23.4 Å². The van der Waals surface area contributed by atoms with E-state index in [1.165, 1.54) is 4.57 Å². The highest BCUT2D eigenvalue weighted by atomic mass is 32.2. The van der Waals surface area contributed by atoms with Gasteiger partial charge in [0, 0.05) is 12.2 Å². The molecule has 2 aromatic heterocycles. The number of anilines is 1. The number of benzene rings is 2. The maximum atomic E-state index is 13.3. The van der Waals surface area contributed by atoms with Crippen LogP contribution in [-0.2, 0) is 13.1 Å². The second kappa shape index (κ2) is 10.1. The molecule has 180 valence electrons. The Bertz CT molecular complexity index is 1490. The summed E-state index contributed by atoms with van der Waals surface area (Å²) in [5.74, 6) is -0.0162. The second-order valence-electron chi connectivity index (χ2n) is 8.08. The Balaban J connectivity index is 1.67. The molecule has 0 aliphatic carbocycles. The first-order valence-electron chi connectivity index (χ1n) is 11.1. The van der Waals surface area contributed by atoms with Crippen LogP contribution < -0.4 is 17.0 Å². The van der Waals surface area contributed by atoms with Crippen molar-refractivity contribution in [2.75, 3.05) is 11.5 Å². The molecule has 2 aromatic carbocycles. The maximum absolute atomic E-state index is 13.3. The average Bonchev–Trinajstić information content (AvgIpc) is 3.22. The van der Waals surface area contributed by atoms with Crippen molar-refractivity contribution in [1.82, 2.24) is 23.9 Å². The molecule has 0 unspecified atom stereocenters.